The molecule has 0 saturated carbocycles. The molecule has 0 aliphatic carbocycles. The van der Waals surface area contributed by atoms with Crippen LogP contribution in [0.2, 0.25) is 5.02 Å². The van der Waals surface area contributed by atoms with Crippen LogP contribution in [0.1, 0.15) is 5.56 Å². The molecule has 0 bridgehead atoms. The lowest BCUT2D eigenvalue weighted by Gasteiger charge is -2.14. The fourth-order valence-electron chi connectivity index (χ4n) is 1.83. The van der Waals surface area contributed by atoms with Crippen LogP contribution in [-0.4, -0.2) is 25.2 Å². The highest BCUT2D eigenvalue weighted by Gasteiger charge is 2.31. The van der Waals surface area contributed by atoms with Crippen molar-refractivity contribution in [1.29, 1.82) is 0 Å². The molecule has 1 aliphatic heterocycles. The molecule has 4 nitrogen and oxygen atoms in total. The Labute approximate surface area is 105 Å². The highest BCUT2D eigenvalue weighted by Crippen LogP contribution is 2.21. The summed E-state index contributed by atoms with van der Waals surface area (Å²) in [5.74, 6) is -0.370. The number of benzene rings is 1. The van der Waals surface area contributed by atoms with E-state index < -0.39 is 0 Å². The molecule has 1 heterocycles. The van der Waals surface area contributed by atoms with E-state index in [-0.39, 0.29) is 17.9 Å². The molecule has 0 radical (unpaired) electrons. The molecule has 1 aliphatic rings. The van der Waals surface area contributed by atoms with Gasteiger partial charge in [0.15, 0.2) is 0 Å². The molecular weight excluding hydrogens is 240 g/mol. The molecule has 2 unspecified atom stereocenters. The van der Waals surface area contributed by atoms with Gasteiger partial charge in [0.1, 0.15) is 0 Å². The highest BCUT2D eigenvalue weighted by molar-refractivity contribution is 6.30. The second kappa shape index (κ2) is 5.04. The molecule has 3 N–H and O–H groups in total. The number of rotatable bonds is 2. The fraction of sp³-hybridized carbons (Fsp3) is 0.417. The second-order valence-electron chi connectivity index (χ2n) is 4.26. The number of ether oxygens (including phenoxy) is 1. The lowest BCUT2D eigenvalue weighted by atomic mass is 10.0. The largest absolute Gasteiger partial charge is 0.379 e. The third kappa shape index (κ3) is 2.77. The van der Waals surface area contributed by atoms with Crippen LogP contribution in [0, 0.1) is 12.8 Å². The van der Waals surface area contributed by atoms with E-state index in [2.05, 4.69) is 5.32 Å². The minimum Gasteiger partial charge on any atom is -0.379 e. The Bertz CT molecular complexity index is 437. The smallest absolute Gasteiger partial charge is 0.231 e. The molecule has 0 spiro atoms. The molecule has 0 aromatic heterocycles. The first-order valence-electron chi connectivity index (χ1n) is 5.48. The SMILES string of the molecule is Cc1cc(Cl)ccc1NC(=O)C1COCC1N. The zero-order valence-corrected chi connectivity index (χ0v) is 10.3. The number of carbonyl (C=O) groups excluding carboxylic acids is 1. The van der Waals surface area contributed by atoms with E-state index in [0.717, 1.165) is 11.3 Å². The summed E-state index contributed by atoms with van der Waals surface area (Å²) in [6.45, 7) is 2.73. The molecule has 2 atom stereocenters. The summed E-state index contributed by atoms with van der Waals surface area (Å²) in [7, 11) is 0. The van der Waals surface area contributed by atoms with Crippen LogP contribution < -0.4 is 11.1 Å². The van der Waals surface area contributed by atoms with E-state index in [1.807, 2.05) is 13.0 Å². The average molecular weight is 255 g/mol. The average Bonchev–Trinajstić information content (AvgIpc) is 2.68. The normalized spacial score (nSPS) is 23.7. The maximum absolute atomic E-state index is 12.0. The van der Waals surface area contributed by atoms with Crippen LogP contribution in [-0.2, 0) is 9.53 Å². The van der Waals surface area contributed by atoms with Crippen molar-refractivity contribution in [3.8, 4) is 0 Å². The molecule has 1 fully saturated rings. The molecule has 2 rings (SSSR count). The summed E-state index contributed by atoms with van der Waals surface area (Å²) < 4.78 is 5.17. The lowest BCUT2D eigenvalue weighted by Crippen LogP contribution is -2.37. The summed E-state index contributed by atoms with van der Waals surface area (Å²) >= 11 is 5.85. The van der Waals surface area contributed by atoms with E-state index in [4.69, 9.17) is 22.1 Å². The van der Waals surface area contributed by atoms with Gasteiger partial charge in [0, 0.05) is 16.8 Å². The predicted molar refractivity (Wildman–Crippen MR) is 67.1 cm³/mol. The minimum absolute atomic E-state index is 0.0968. The van der Waals surface area contributed by atoms with Gasteiger partial charge in [-0.3, -0.25) is 4.79 Å². The third-order valence-corrected chi connectivity index (χ3v) is 3.14. The molecule has 1 saturated heterocycles. The van der Waals surface area contributed by atoms with Crippen molar-refractivity contribution in [2.45, 2.75) is 13.0 Å². The predicted octanol–water partition coefficient (Wildman–Crippen LogP) is 1.56. The van der Waals surface area contributed by atoms with Crippen molar-refractivity contribution in [3.63, 3.8) is 0 Å². The Morgan fingerprint density at radius 2 is 2.29 bits per heavy atom. The Kier molecular flexibility index (Phi) is 3.66. The Morgan fingerprint density at radius 1 is 1.53 bits per heavy atom. The molecule has 17 heavy (non-hydrogen) atoms. The standard InChI is InChI=1S/C12H15ClN2O2/c1-7-4-8(13)2-3-11(7)15-12(16)9-5-17-6-10(9)14/h2-4,9-10H,5-6,14H2,1H3,(H,15,16). The highest BCUT2D eigenvalue weighted by atomic mass is 35.5. The first kappa shape index (κ1) is 12.4. The second-order valence-corrected chi connectivity index (χ2v) is 4.69. The van der Waals surface area contributed by atoms with Crippen molar-refractivity contribution < 1.29 is 9.53 Å². The van der Waals surface area contributed by atoms with E-state index in [0.29, 0.717) is 18.2 Å². The van der Waals surface area contributed by atoms with Crippen molar-refractivity contribution in [2.75, 3.05) is 18.5 Å². The summed E-state index contributed by atoms with van der Waals surface area (Å²) in [4.78, 5) is 12.0. The first-order valence-corrected chi connectivity index (χ1v) is 5.86. The molecule has 1 aromatic rings. The van der Waals surface area contributed by atoms with Crippen molar-refractivity contribution in [2.24, 2.45) is 11.7 Å². The third-order valence-electron chi connectivity index (χ3n) is 2.91. The van der Waals surface area contributed by atoms with Gasteiger partial charge in [-0.25, -0.2) is 0 Å². The Hall–Kier alpha value is -1.10. The van der Waals surface area contributed by atoms with Gasteiger partial charge in [-0.05, 0) is 30.7 Å². The number of hydrogen-bond donors (Lipinski definition) is 2. The van der Waals surface area contributed by atoms with Gasteiger partial charge < -0.3 is 15.8 Å². The van der Waals surface area contributed by atoms with E-state index in [9.17, 15) is 4.79 Å². The van der Waals surface area contributed by atoms with Gasteiger partial charge in [0.05, 0.1) is 19.1 Å². The summed E-state index contributed by atoms with van der Waals surface area (Å²) in [5, 5.41) is 3.51. The van der Waals surface area contributed by atoms with Gasteiger partial charge >= 0.3 is 0 Å². The monoisotopic (exact) mass is 254 g/mol. The van der Waals surface area contributed by atoms with Gasteiger partial charge in [-0.15, -0.1) is 0 Å². The number of anilines is 1. The summed E-state index contributed by atoms with van der Waals surface area (Å²) in [6, 6.07) is 5.12. The summed E-state index contributed by atoms with van der Waals surface area (Å²) in [5.41, 5.74) is 7.48. The van der Waals surface area contributed by atoms with Crippen LogP contribution in [0.5, 0.6) is 0 Å². The number of amides is 1. The molecule has 92 valence electrons. The maximum Gasteiger partial charge on any atom is 0.231 e. The molecule has 1 amide bonds. The Balaban J connectivity index is 2.07. The zero-order valence-electron chi connectivity index (χ0n) is 9.57. The number of halogens is 1. The number of carbonyl (C=O) groups is 1. The molecular formula is C12H15ClN2O2. The number of nitrogens with two attached hydrogens (primary N) is 1. The number of aryl methyl sites for hydroxylation is 1. The van der Waals surface area contributed by atoms with Crippen LogP contribution in [0.3, 0.4) is 0 Å². The lowest BCUT2D eigenvalue weighted by molar-refractivity contribution is -0.120. The van der Waals surface area contributed by atoms with Gasteiger partial charge in [0.2, 0.25) is 5.91 Å². The fourth-order valence-corrected chi connectivity index (χ4v) is 2.06. The Morgan fingerprint density at radius 3 is 2.88 bits per heavy atom. The van der Waals surface area contributed by atoms with Crippen LogP contribution in [0.15, 0.2) is 18.2 Å². The van der Waals surface area contributed by atoms with Crippen LogP contribution in [0.4, 0.5) is 5.69 Å². The molecule has 5 heteroatoms. The zero-order chi connectivity index (χ0) is 12.4. The quantitative estimate of drug-likeness (QED) is 0.842. The topological polar surface area (TPSA) is 64.3 Å². The number of nitrogens with one attached hydrogen (secondary N) is 1. The maximum atomic E-state index is 12.0. The minimum atomic E-state index is -0.273. The van der Waals surface area contributed by atoms with E-state index in [1.165, 1.54) is 0 Å². The number of hydrogen-bond acceptors (Lipinski definition) is 3. The first-order chi connectivity index (χ1) is 8.08. The van der Waals surface area contributed by atoms with Gasteiger partial charge in [-0.2, -0.15) is 0 Å². The molecule has 1 aromatic carbocycles. The van der Waals surface area contributed by atoms with Crippen LogP contribution >= 0.6 is 11.6 Å². The summed E-state index contributed by atoms with van der Waals surface area (Å²) in [6.07, 6.45) is 0. The van der Waals surface area contributed by atoms with Gasteiger partial charge in [-0.1, -0.05) is 11.6 Å². The van der Waals surface area contributed by atoms with Crippen molar-refractivity contribution >= 4 is 23.2 Å². The van der Waals surface area contributed by atoms with E-state index in [1.54, 1.807) is 12.1 Å². The van der Waals surface area contributed by atoms with E-state index >= 15 is 0 Å². The van der Waals surface area contributed by atoms with Crippen LogP contribution in [0.25, 0.3) is 0 Å². The van der Waals surface area contributed by atoms with Crippen molar-refractivity contribution in [1.82, 2.24) is 0 Å². The van der Waals surface area contributed by atoms with Gasteiger partial charge in [0.25, 0.3) is 0 Å². The van der Waals surface area contributed by atoms with Crippen molar-refractivity contribution in [3.05, 3.63) is 28.8 Å².